The van der Waals surface area contributed by atoms with Gasteiger partial charge >= 0.3 is 0 Å². The maximum atomic E-state index is 13.7. The van der Waals surface area contributed by atoms with Crippen molar-refractivity contribution in [2.75, 3.05) is 0 Å². The summed E-state index contributed by atoms with van der Waals surface area (Å²) in [5.41, 5.74) is 3.15. The van der Waals surface area contributed by atoms with Gasteiger partial charge in [0.2, 0.25) is 0 Å². The van der Waals surface area contributed by atoms with E-state index in [9.17, 15) is 9.18 Å². The van der Waals surface area contributed by atoms with Gasteiger partial charge in [-0.2, -0.15) is 0 Å². The molecule has 4 heteroatoms. The van der Waals surface area contributed by atoms with Gasteiger partial charge in [-0.15, -0.1) is 0 Å². The van der Waals surface area contributed by atoms with Crippen molar-refractivity contribution in [1.29, 1.82) is 0 Å². The molecule has 0 aliphatic carbocycles. The van der Waals surface area contributed by atoms with Crippen LogP contribution in [0.25, 0.3) is 28.1 Å². The lowest BCUT2D eigenvalue weighted by Crippen LogP contribution is -2.20. The molecule has 0 saturated heterocycles. The van der Waals surface area contributed by atoms with Crippen molar-refractivity contribution < 1.29 is 4.39 Å². The molecule has 2 aromatic heterocycles. The molecule has 0 aliphatic rings. The summed E-state index contributed by atoms with van der Waals surface area (Å²) in [6, 6.07) is 22.9. The molecule has 0 N–H and O–H groups in total. The number of hydrogen-bond donors (Lipinski definition) is 0. The Balaban J connectivity index is 2.01. The van der Waals surface area contributed by atoms with E-state index in [-0.39, 0.29) is 11.4 Å². The van der Waals surface area contributed by atoms with Crippen molar-refractivity contribution >= 4 is 0 Å². The molecule has 0 spiro atoms. The molecule has 0 bridgehead atoms. The van der Waals surface area contributed by atoms with E-state index < -0.39 is 0 Å². The highest BCUT2D eigenvalue weighted by atomic mass is 19.1. The number of nitrogens with zero attached hydrogens (tertiary/aromatic N) is 2. The van der Waals surface area contributed by atoms with Gasteiger partial charge in [-0.3, -0.25) is 14.3 Å². The van der Waals surface area contributed by atoms with E-state index in [1.807, 2.05) is 54.6 Å². The first kappa shape index (κ1) is 16.0. The normalized spacial score (nSPS) is 10.7. The van der Waals surface area contributed by atoms with E-state index in [0.29, 0.717) is 11.3 Å². The quantitative estimate of drug-likeness (QED) is 0.541. The second-order valence-electron chi connectivity index (χ2n) is 5.88. The third-order valence-corrected chi connectivity index (χ3v) is 4.15. The summed E-state index contributed by atoms with van der Waals surface area (Å²) in [6.45, 7) is 0. The molecule has 3 nitrogen and oxygen atoms in total. The highest BCUT2D eigenvalue weighted by molar-refractivity contribution is 5.70. The number of hydrogen-bond acceptors (Lipinski definition) is 2. The standard InChI is InChI=1S/C22H15FN2O/c23-18-9-6-10-19(14-18)25-15-17(21-11-4-5-12-24-21)13-20(22(25)26)16-7-2-1-3-8-16/h1-15H. The smallest absolute Gasteiger partial charge is 0.262 e. The zero-order valence-electron chi connectivity index (χ0n) is 13.8. The van der Waals surface area contributed by atoms with Gasteiger partial charge in [0.1, 0.15) is 5.82 Å². The summed E-state index contributed by atoms with van der Waals surface area (Å²) >= 11 is 0. The second kappa shape index (κ2) is 6.76. The molecule has 0 saturated carbocycles. The predicted octanol–water partition coefficient (Wildman–Crippen LogP) is 4.71. The minimum atomic E-state index is -0.390. The van der Waals surface area contributed by atoms with E-state index in [1.165, 1.54) is 16.7 Å². The molecule has 0 unspecified atom stereocenters. The van der Waals surface area contributed by atoms with Crippen LogP contribution in [0.4, 0.5) is 4.39 Å². The molecule has 126 valence electrons. The van der Waals surface area contributed by atoms with Crippen molar-refractivity contribution in [3.8, 4) is 28.1 Å². The molecule has 2 heterocycles. The Kier molecular flexibility index (Phi) is 4.15. The van der Waals surface area contributed by atoms with Gasteiger partial charge in [0.15, 0.2) is 0 Å². The third kappa shape index (κ3) is 3.05. The van der Waals surface area contributed by atoms with E-state index in [4.69, 9.17) is 0 Å². The van der Waals surface area contributed by atoms with Gasteiger partial charge in [0.05, 0.1) is 11.4 Å². The fraction of sp³-hybridized carbons (Fsp3) is 0. The monoisotopic (exact) mass is 342 g/mol. The van der Waals surface area contributed by atoms with Crippen LogP contribution >= 0.6 is 0 Å². The first-order valence-electron chi connectivity index (χ1n) is 8.22. The molecule has 4 aromatic rings. The lowest BCUT2D eigenvalue weighted by atomic mass is 10.0. The van der Waals surface area contributed by atoms with Gasteiger partial charge < -0.3 is 0 Å². The SMILES string of the molecule is O=c1c(-c2ccccc2)cc(-c2ccccn2)cn1-c1cccc(F)c1. The average Bonchev–Trinajstić information content (AvgIpc) is 2.69. The van der Waals surface area contributed by atoms with Crippen molar-refractivity contribution in [3.05, 3.63) is 107 Å². The number of halogens is 1. The number of rotatable bonds is 3. The van der Waals surface area contributed by atoms with Crippen LogP contribution in [0.1, 0.15) is 0 Å². The first-order valence-corrected chi connectivity index (χ1v) is 8.22. The van der Waals surface area contributed by atoms with Crippen LogP contribution in [-0.2, 0) is 0 Å². The van der Waals surface area contributed by atoms with Gasteiger partial charge in [0, 0.05) is 23.5 Å². The van der Waals surface area contributed by atoms with Crippen LogP contribution in [0.3, 0.4) is 0 Å². The van der Waals surface area contributed by atoms with Crippen molar-refractivity contribution in [1.82, 2.24) is 9.55 Å². The predicted molar refractivity (Wildman–Crippen MR) is 101 cm³/mol. The van der Waals surface area contributed by atoms with E-state index >= 15 is 0 Å². The number of aromatic nitrogens is 2. The van der Waals surface area contributed by atoms with Crippen LogP contribution in [0.15, 0.2) is 96.1 Å². The average molecular weight is 342 g/mol. The Hall–Kier alpha value is -3.53. The maximum Gasteiger partial charge on any atom is 0.262 e. The molecule has 0 aliphatic heterocycles. The number of benzene rings is 2. The van der Waals surface area contributed by atoms with Crippen LogP contribution in [0.2, 0.25) is 0 Å². The second-order valence-corrected chi connectivity index (χ2v) is 5.88. The Morgan fingerprint density at radius 2 is 1.62 bits per heavy atom. The Labute approximate surface area is 150 Å². The third-order valence-electron chi connectivity index (χ3n) is 4.15. The minimum absolute atomic E-state index is 0.207. The van der Waals surface area contributed by atoms with Crippen molar-refractivity contribution in [3.63, 3.8) is 0 Å². The Morgan fingerprint density at radius 3 is 2.35 bits per heavy atom. The summed E-state index contributed by atoms with van der Waals surface area (Å²) in [5.74, 6) is -0.390. The summed E-state index contributed by atoms with van der Waals surface area (Å²) in [7, 11) is 0. The lowest BCUT2D eigenvalue weighted by molar-refractivity contribution is 0.626. The molecular formula is C22H15FN2O. The van der Waals surface area contributed by atoms with Gasteiger partial charge in [-0.1, -0.05) is 42.5 Å². The molecule has 26 heavy (non-hydrogen) atoms. The summed E-state index contributed by atoms with van der Waals surface area (Å²) in [6.07, 6.45) is 3.40. The van der Waals surface area contributed by atoms with Crippen molar-refractivity contribution in [2.24, 2.45) is 0 Å². The molecule has 0 atom stereocenters. The lowest BCUT2D eigenvalue weighted by Gasteiger charge is -2.12. The molecule has 0 radical (unpaired) electrons. The molecular weight excluding hydrogens is 327 g/mol. The van der Waals surface area contributed by atoms with Crippen LogP contribution < -0.4 is 5.56 Å². The highest BCUT2D eigenvalue weighted by Crippen LogP contribution is 2.23. The van der Waals surface area contributed by atoms with Gasteiger partial charge in [0.25, 0.3) is 5.56 Å². The van der Waals surface area contributed by atoms with Gasteiger partial charge in [-0.25, -0.2) is 4.39 Å². The minimum Gasteiger partial charge on any atom is -0.283 e. The fourth-order valence-corrected chi connectivity index (χ4v) is 2.90. The topological polar surface area (TPSA) is 34.9 Å². The molecule has 0 amide bonds. The highest BCUT2D eigenvalue weighted by Gasteiger charge is 2.12. The van der Waals surface area contributed by atoms with E-state index in [2.05, 4.69) is 4.98 Å². The number of pyridine rings is 2. The van der Waals surface area contributed by atoms with Crippen molar-refractivity contribution in [2.45, 2.75) is 0 Å². The van der Waals surface area contributed by atoms with Gasteiger partial charge in [-0.05, 0) is 42.0 Å². The first-order chi connectivity index (χ1) is 12.7. The van der Waals surface area contributed by atoms with E-state index in [1.54, 1.807) is 24.5 Å². The Bertz CT molecular complexity index is 1110. The maximum absolute atomic E-state index is 13.7. The summed E-state index contributed by atoms with van der Waals surface area (Å²) in [4.78, 5) is 17.5. The van der Waals surface area contributed by atoms with E-state index in [0.717, 1.165) is 16.8 Å². The zero-order valence-corrected chi connectivity index (χ0v) is 13.8. The summed E-state index contributed by atoms with van der Waals surface area (Å²) in [5, 5.41) is 0. The molecule has 4 rings (SSSR count). The zero-order chi connectivity index (χ0) is 17.9. The van der Waals surface area contributed by atoms with Crippen LogP contribution in [0.5, 0.6) is 0 Å². The largest absolute Gasteiger partial charge is 0.283 e. The van der Waals surface area contributed by atoms with Crippen LogP contribution in [-0.4, -0.2) is 9.55 Å². The molecule has 2 aromatic carbocycles. The fourth-order valence-electron chi connectivity index (χ4n) is 2.90. The van der Waals surface area contributed by atoms with Crippen LogP contribution in [0, 0.1) is 5.82 Å². The Morgan fingerprint density at radius 1 is 0.808 bits per heavy atom. The summed E-state index contributed by atoms with van der Waals surface area (Å²) < 4.78 is 15.2. The molecule has 0 fully saturated rings.